The van der Waals surface area contributed by atoms with Crippen LogP contribution in [0.2, 0.25) is 0 Å². The molecule has 8 heteroatoms. The van der Waals surface area contributed by atoms with Crippen molar-refractivity contribution >= 4 is 24.2 Å². The van der Waals surface area contributed by atoms with Crippen LogP contribution in [-0.2, 0) is 6.42 Å². The Balaban J connectivity index is 0.00000456. The number of carbonyl (C=O) groups excluding carboxylic acids is 1. The minimum atomic E-state index is -1.15. The number of hydrogen-bond acceptors (Lipinski definition) is 6. The first-order chi connectivity index (χ1) is 16.7. The Morgan fingerprint density at radius 3 is 2.08 bits per heavy atom. The summed E-state index contributed by atoms with van der Waals surface area (Å²) in [6.07, 6.45) is 0.0549. The molecule has 0 heterocycles. The lowest BCUT2D eigenvalue weighted by Gasteiger charge is -2.28. The van der Waals surface area contributed by atoms with E-state index in [2.05, 4.69) is 19.2 Å². The minimum absolute atomic E-state index is 0. The Morgan fingerprint density at radius 2 is 1.50 bits per heavy atom. The SMILES string of the molecule is COc1ccc(CC(C)(C)NCC(O)COc2ccc(C(=O)c3ccccc3C(=O)O)cc2)cc1.Cl. The summed E-state index contributed by atoms with van der Waals surface area (Å²) in [5.41, 5.74) is 1.38. The van der Waals surface area contributed by atoms with Crippen molar-refractivity contribution in [1.29, 1.82) is 0 Å². The van der Waals surface area contributed by atoms with Crippen LogP contribution in [0.1, 0.15) is 45.7 Å². The van der Waals surface area contributed by atoms with Gasteiger partial charge in [-0.05, 0) is 68.3 Å². The van der Waals surface area contributed by atoms with Gasteiger partial charge < -0.3 is 25.0 Å². The molecule has 3 aromatic rings. The highest BCUT2D eigenvalue weighted by molar-refractivity contribution is 6.14. The highest BCUT2D eigenvalue weighted by atomic mass is 35.5. The molecule has 0 spiro atoms. The lowest BCUT2D eigenvalue weighted by atomic mass is 9.94. The summed E-state index contributed by atoms with van der Waals surface area (Å²) in [5, 5.41) is 23.1. The quantitative estimate of drug-likeness (QED) is 0.308. The van der Waals surface area contributed by atoms with Gasteiger partial charge in [0, 0.05) is 23.2 Å². The van der Waals surface area contributed by atoms with Crippen LogP contribution in [0.4, 0.5) is 0 Å². The minimum Gasteiger partial charge on any atom is -0.497 e. The van der Waals surface area contributed by atoms with E-state index < -0.39 is 12.1 Å². The molecule has 0 saturated carbocycles. The first kappa shape index (κ1) is 28.8. The number of hydrogen-bond donors (Lipinski definition) is 3. The highest BCUT2D eigenvalue weighted by Crippen LogP contribution is 2.19. The van der Waals surface area contributed by atoms with Crippen LogP contribution in [0.3, 0.4) is 0 Å². The molecular weight excluding hydrogens is 482 g/mol. The first-order valence-electron chi connectivity index (χ1n) is 11.3. The van der Waals surface area contributed by atoms with Gasteiger partial charge in [-0.15, -0.1) is 12.4 Å². The van der Waals surface area contributed by atoms with Crippen molar-refractivity contribution in [3.05, 3.63) is 95.1 Å². The molecule has 0 aliphatic rings. The van der Waals surface area contributed by atoms with Gasteiger partial charge in [0.05, 0.1) is 12.7 Å². The fourth-order valence-electron chi connectivity index (χ4n) is 3.69. The van der Waals surface area contributed by atoms with E-state index in [0.717, 1.165) is 17.7 Å². The number of ketones is 1. The van der Waals surface area contributed by atoms with Gasteiger partial charge in [-0.3, -0.25) is 4.79 Å². The Labute approximate surface area is 217 Å². The Morgan fingerprint density at radius 1 is 0.917 bits per heavy atom. The van der Waals surface area contributed by atoms with Crippen LogP contribution in [0.25, 0.3) is 0 Å². The average Bonchev–Trinajstić information content (AvgIpc) is 2.86. The van der Waals surface area contributed by atoms with Crippen molar-refractivity contribution in [2.75, 3.05) is 20.3 Å². The summed E-state index contributed by atoms with van der Waals surface area (Å²) in [7, 11) is 1.64. The van der Waals surface area contributed by atoms with Gasteiger partial charge in [0.2, 0.25) is 0 Å². The van der Waals surface area contributed by atoms with Crippen LogP contribution in [0.5, 0.6) is 11.5 Å². The van der Waals surface area contributed by atoms with Gasteiger partial charge in [-0.25, -0.2) is 4.79 Å². The standard InChI is InChI=1S/C28H31NO6.ClH/c1-28(2,16-19-8-12-22(34-3)13-9-19)29-17-21(30)18-35-23-14-10-20(11-15-23)26(31)24-6-4-5-7-25(24)27(32)33;/h4-15,21,29-30H,16-18H2,1-3H3,(H,32,33);1H. The van der Waals surface area contributed by atoms with Crippen LogP contribution >= 0.6 is 12.4 Å². The van der Waals surface area contributed by atoms with Crippen LogP contribution in [0, 0.1) is 0 Å². The molecule has 1 unspecified atom stereocenters. The summed E-state index contributed by atoms with van der Waals surface area (Å²) in [5.74, 6) is -0.208. The molecule has 36 heavy (non-hydrogen) atoms. The number of aliphatic hydroxyl groups excluding tert-OH is 1. The van der Waals surface area contributed by atoms with E-state index in [1.165, 1.54) is 12.1 Å². The predicted molar refractivity (Wildman–Crippen MR) is 141 cm³/mol. The number of carbonyl (C=O) groups is 2. The molecule has 7 nitrogen and oxygen atoms in total. The Hall–Kier alpha value is -3.39. The predicted octanol–water partition coefficient (Wildman–Crippen LogP) is 4.40. The summed E-state index contributed by atoms with van der Waals surface area (Å²) in [6.45, 7) is 4.58. The van der Waals surface area contributed by atoms with E-state index in [1.54, 1.807) is 43.5 Å². The third kappa shape index (κ3) is 8.09. The largest absolute Gasteiger partial charge is 0.497 e. The zero-order valence-corrected chi connectivity index (χ0v) is 21.4. The molecule has 0 aliphatic carbocycles. The maximum atomic E-state index is 12.7. The fraction of sp³-hybridized carbons (Fsp3) is 0.286. The second kappa shape index (κ2) is 13.1. The van der Waals surface area contributed by atoms with Gasteiger partial charge >= 0.3 is 5.97 Å². The smallest absolute Gasteiger partial charge is 0.336 e. The van der Waals surface area contributed by atoms with Gasteiger partial charge in [-0.2, -0.15) is 0 Å². The molecule has 3 aromatic carbocycles. The summed E-state index contributed by atoms with van der Waals surface area (Å²) in [6, 6.07) is 20.4. The normalized spacial score (nSPS) is 11.8. The Kier molecular flexibility index (Phi) is 10.5. The number of carboxylic acids is 1. The summed E-state index contributed by atoms with van der Waals surface area (Å²) < 4.78 is 10.9. The van der Waals surface area contributed by atoms with E-state index >= 15 is 0 Å². The van der Waals surface area contributed by atoms with Crippen molar-refractivity contribution < 1.29 is 29.3 Å². The summed E-state index contributed by atoms with van der Waals surface area (Å²) >= 11 is 0. The van der Waals surface area contributed by atoms with Gasteiger partial charge in [0.1, 0.15) is 24.2 Å². The van der Waals surface area contributed by atoms with Crippen molar-refractivity contribution in [1.82, 2.24) is 5.32 Å². The lowest BCUT2D eigenvalue weighted by Crippen LogP contribution is -2.46. The number of β-amino-alcohol motifs (C(OH)–C–C–N with tert-alkyl or cyclic N) is 1. The first-order valence-corrected chi connectivity index (χ1v) is 11.3. The number of carboxylic acid groups (broad SMARTS) is 1. The molecular formula is C28H32ClNO6. The number of halogens is 1. The molecule has 3 N–H and O–H groups in total. The number of methoxy groups -OCH3 is 1. The average molecular weight is 514 g/mol. The number of rotatable bonds is 12. The number of ether oxygens (including phenoxy) is 2. The zero-order chi connectivity index (χ0) is 25.4. The maximum absolute atomic E-state index is 12.7. The van der Waals surface area contributed by atoms with Gasteiger partial charge in [0.25, 0.3) is 0 Å². The van der Waals surface area contributed by atoms with Crippen LogP contribution < -0.4 is 14.8 Å². The third-order valence-electron chi connectivity index (χ3n) is 5.58. The number of benzene rings is 3. The molecule has 0 saturated heterocycles. The zero-order valence-electron chi connectivity index (χ0n) is 20.6. The van der Waals surface area contributed by atoms with Crippen molar-refractivity contribution in [2.45, 2.75) is 31.9 Å². The molecule has 3 rings (SSSR count). The third-order valence-corrected chi connectivity index (χ3v) is 5.58. The van der Waals surface area contributed by atoms with E-state index in [0.29, 0.717) is 17.9 Å². The second-order valence-electron chi connectivity index (χ2n) is 8.96. The van der Waals surface area contributed by atoms with E-state index in [4.69, 9.17) is 9.47 Å². The van der Waals surface area contributed by atoms with Crippen molar-refractivity contribution in [2.24, 2.45) is 0 Å². The molecule has 0 amide bonds. The topological polar surface area (TPSA) is 105 Å². The number of aromatic carboxylic acids is 1. The lowest BCUT2D eigenvalue weighted by molar-refractivity contribution is 0.0692. The molecule has 0 bridgehead atoms. The molecule has 0 radical (unpaired) electrons. The molecule has 0 fully saturated rings. The molecule has 192 valence electrons. The number of nitrogens with one attached hydrogen (secondary N) is 1. The van der Waals surface area contributed by atoms with Gasteiger partial charge in [0.15, 0.2) is 5.78 Å². The number of aliphatic hydroxyl groups is 1. The van der Waals surface area contributed by atoms with Gasteiger partial charge in [-0.1, -0.05) is 30.3 Å². The molecule has 0 aromatic heterocycles. The molecule has 0 aliphatic heterocycles. The van der Waals surface area contributed by atoms with E-state index in [9.17, 15) is 19.8 Å². The highest BCUT2D eigenvalue weighted by Gasteiger charge is 2.20. The Bertz CT molecular complexity index is 1150. The van der Waals surface area contributed by atoms with E-state index in [1.807, 2.05) is 24.3 Å². The van der Waals surface area contributed by atoms with Crippen molar-refractivity contribution in [3.63, 3.8) is 0 Å². The summed E-state index contributed by atoms with van der Waals surface area (Å²) in [4.78, 5) is 24.1. The van der Waals surface area contributed by atoms with Crippen LogP contribution in [-0.4, -0.2) is 53.9 Å². The fourth-order valence-corrected chi connectivity index (χ4v) is 3.69. The second-order valence-corrected chi connectivity index (χ2v) is 8.96. The molecule has 1 atom stereocenters. The monoisotopic (exact) mass is 513 g/mol. The van der Waals surface area contributed by atoms with E-state index in [-0.39, 0.29) is 41.5 Å². The maximum Gasteiger partial charge on any atom is 0.336 e. The van der Waals surface area contributed by atoms with Crippen LogP contribution in [0.15, 0.2) is 72.8 Å². The van der Waals surface area contributed by atoms with Crippen molar-refractivity contribution in [3.8, 4) is 11.5 Å².